The quantitative estimate of drug-likeness (QED) is 0.448. The number of carbonyl (C=O) groups excluding carboxylic acids is 2. The van der Waals surface area contributed by atoms with Crippen LogP contribution in [-0.2, 0) is 27.2 Å². The van der Waals surface area contributed by atoms with Gasteiger partial charge in [0.05, 0.1) is 12.2 Å². The molecule has 0 radical (unpaired) electrons. The topological polar surface area (TPSA) is 124 Å². The second-order valence-corrected chi connectivity index (χ2v) is 7.84. The van der Waals surface area contributed by atoms with Gasteiger partial charge in [-0.25, -0.2) is 9.78 Å². The molecular weight excluding hydrogens is 384 g/mol. The Morgan fingerprint density at radius 1 is 1.10 bits per heavy atom. The van der Waals surface area contributed by atoms with Crippen LogP contribution in [0, 0.1) is 5.92 Å². The van der Waals surface area contributed by atoms with E-state index >= 15 is 0 Å². The van der Waals surface area contributed by atoms with Crippen LogP contribution in [-0.4, -0.2) is 45.4 Å². The summed E-state index contributed by atoms with van der Waals surface area (Å²) in [4.78, 5) is 42.5. The lowest BCUT2D eigenvalue weighted by Gasteiger charge is -2.15. The molecule has 0 aliphatic carbocycles. The van der Waals surface area contributed by atoms with Crippen molar-refractivity contribution in [3.8, 4) is 0 Å². The summed E-state index contributed by atoms with van der Waals surface area (Å²) in [5.41, 5.74) is 2.76. The van der Waals surface area contributed by atoms with E-state index in [4.69, 9.17) is 0 Å². The van der Waals surface area contributed by atoms with Crippen LogP contribution in [0.3, 0.4) is 0 Å². The predicted octanol–water partition coefficient (Wildman–Crippen LogP) is 2.03. The van der Waals surface area contributed by atoms with E-state index in [-0.39, 0.29) is 31.2 Å². The monoisotopic (exact) mass is 414 g/mol. The zero-order chi connectivity index (χ0) is 22.1. The Morgan fingerprint density at radius 3 is 2.37 bits per heavy atom. The lowest BCUT2D eigenvalue weighted by atomic mass is 9.96. The van der Waals surface area contributed by atoms with E-state index in [9.17, 15) is 19.5 Å². The number of benzene rings is 1. The Bertz CT molecular complexity index is 831. The average Bonchev–Trinajstić information content (AvgIpc) is 3.20. The largest absolute Gasteiger partial charge is 0.480 e. The molecule has 0 saturated heterocycles. The number of aromatic amines is 1. The minimum Gasteiger partial charge on any atom is -0.480 e. The van der Waals surface area contributed by atoms with Crippen molar-refractivity contribution >= 4 is 17.8 Å². The first-order valence-electron chi connectivity index (χ1n) is 10.1. The number of nitrogens with zero attached hydrogens (tertiary/aromatic N) is 1. The fourth-order valence-electron chi connectivity index (χ4n) is 3.10. The molecule has 0 aliphatic heterocycles. The van der Waals surface area contributed by atoms with E-state index in [0.717, 1.165) is 12.0 Å². The van der Waals surface area contributed by atoms with Gasteiger partial charge >= 0.3 is 5.97 Å². The standard InChI is InChI=1S/C22H30N4O4/c1-14(2)10-16-4-6-17(7-5-16)15(3)21(28)24-9-8-20(27)26-19(22(29)30)11-18-12-23-13-25-18/h4-7,12-15,19H,8-11H2,1-3H3,(H,23,25)(H,24,28)(H,26,27)(H,29,30)/t15-,19-/m0/s1. The lowest BCUT2D eigenvalue weighted by Crippen LogP contribution is -2.43. The molecule has 2 amide bonds. The summed E-state index contributed by atoms with van der Waals surface area (Å²) in [6.45, 7) is 6.28. The second kappa shape index (κ2) is 11.1. The molecule has 30 heavy (non-hydrogen) atoms. The second-order valence-electron chi connectivity index (χ2n) is 7.84. The highest BCUT2D eigenvalue weighted by atomic mass is 16.4. The number of aromatic nitrogens is 2. The fourth-order valence-corrected chi connectivity index (χ4v) is 3.10. The first kappa shape index (κ1) is 23.1. The third-order valence-corrected chi connectivity index (χ3v) is 4.78. The SMILES string of the molecule is CC(C)Cc1ccc([C@H](C)C(=O)NCCC(=O)N[C@@H](Cc2cnc[nH]2)C(=O)O)cc1. The molecule has 0 unspecified atom stereocenters. The van der Waals surface area contributed by atoms with Crippen molar-refractivity contribution < 1.29 is 19.5 Å². The first-order chi connectivity index (χ1) is 14.3. The van der Waals surface area contributed by atoms with Crippen molar-refractivity contribution in [3.63, 3.8) is 0 Å². The Kier molecular flexibility index (Phi) is 8.58. The summed E-state index contributed by atoms with van der Waals surface area (Å²) in [6, 6.07) is 6.94. The number of carboxylic acids is 1. The Morgan fingerprint density at radius 2 is 1.80 bits per heavy atom. The molecule has 2 aromatic rings. The van der Waals surface area contributed by atoms with Gasteiger partial charge in [0, 0.05) is 31.3 Å². The number of rotatable bonds is 11. The average molecular weight is 415 g/mol. The van der Waals surface area contributed by atoms with Gasteiger partial charge in [0.15, 0.2) is 0 Å². The van der Waals surface area contributed by atoms with Gasteiger partial charge < -0.3 is 20.7 Å². The van der Waals surface area contributed by atoms with Gasteiger partial charge in [0.1, 0.15) is 6.04 Å². The molecule has 1 aromatic heterocycles. The molecule has 1 heterocycles. The number of aliphatic carboxylic acids is 1. The highest BCUT2D eigenvalue weighted by Gasteiger charge is 2.21. The number of H-pyrrole nitrogens is 1. The molecule has 4 N–H and O–H groups in total. The normalized spacial score (nSPS) is 12.9. The summed E-state index contributed by atoms with van der Waals surface area (Å²) in [7, 11) is 0. The number of hydrogen-bond donors (Lipinski definition) is 4. The van der Waals surface area contributed by atoms with Gasteiger partial charge in [0.2, 0.25) is 11.8 Å². The summed E-state index contributed by atoms with van der Waals surface area (Å²) in [6.07, 6.45) is 4.06. The van der Waals surface area contributed by atoms with E-state index in [1.54, 1.807) is 0 Å². The van der Waals surface area contributed by atoms with Crippen molar-refractivity contribution in [2.45, 2.75) is 52.0 Å². The lowest BCUT2D eigenvalue weighted by molar-refractivity contribution is -0.141. The molecule has 0 bridgehead atoms. The van der Waals surface area contributed by atoms with E-state index < -0.39 is 17.9 Å². The van der Waals surface area contributed by atoms with Gasteiger partial charge in [0.25, 0.3) is 0 Å². The third-order valence-electron chi connectivity index (χ3n) is 4.78. The fraction of sp³-hybridized carbons (Fsp3) is 0.455. The molecule has 1 aromatic carbocycles. The van der Waals surface area contributed by atoms with Crippen molar-refractivity contribution in [1.29, 1.82) is 0 Å². The zero-order valence-electron chi connectivity index (χ0n) is 17.6. The first-order valence-corrected chi connectivity index (χ1v) is 10.1. The van der Waals surface area contributed by atoms with Crippen LogP contribution in [0.5, 0.6) is 0 Å². The molecule has 0 spiro atoms. The minimum atomic E-state index is -1.13. The Balaban J connectivity index is 1.78. The van der Waals surface area contributed by atoms with Crippen LogP contribution in [0.1, 0.15) is 49.9 Å². The number of imidazole rings is 1. The van der Waals surface area contributed by atoms with E-state index in [2.05, 4.69) is 34.4 Å². The van der Waals surface area contributed by atoms with Crippen LogP contribution < -0.4 is 10.6 Å². The van der Waals surface area contributed by atoms with Crippen LogP contribution in [0.2, 0.25) is 0 Å². The van der Waals surface area contributed by atoms with Crippen LogP contribution >= 0.6 is 0 Å². The van der Waals surface area contributed by atoms with Gasteiger partial charge in [-0.1, -0.05) is 38.1 Å². The molecular formula is C22H30N4O4. The predicted molar refractivity (Wildman–Crippen MR) is 113 cm³/mol. The number of carboxylic acid groups (broad SMARTS) is 1. The zero-order valence-corrected chi connectivity index (χ0v) is 17.6. The minimum absolute atomic E-state index is 0.00145. The van der Waals surface area contributed by atoms with Gasteiger partial charge in [-0.2, -0.15) is 0 Å². The summed E-state index contributed by atoms with van der Waals surface area (Å²) < 4.78 is 0. The summed E-state index contributed by atoms with van der Waals surface area (Å²) >= 11 is 0. The maximum Gasteiger partial charge on any atom is 0.326 e. The third kappa shape index (κ3) is 7.35. The van der Waals surface area contributed by atoms with Gasteiger partial charge in [-0.15, -0.1) is 0 Å². The highest BCUT2D eigenvalue weighted by Crippen LogP contribution is 2.17. The van der Waals surface area contributed by atoms with Crippen molar-refractivity contribution in [3.05, 3.63) is 53.6 Å². The number of carbonyl (C=O) groups is 3. The maximum atomic E-state index is 12.4. The molecule has 0 fully saturated rings. The Labute approximate surface area is 176 Å². The van der Waals surface area contributed by atoms with Gasteiger partial charge in [-0.3, -0.25) is 9.59 Å². The van der Waals surface area contributed by atoms with Crippen LogP contribution in [0.15, 0.2) is 36.8 Å². The van der Waals surface area contributed by atoms with E-state index in [0.29, 0.717) is 11.6 Å². The molecule has 0 aliphatic rings. The van der Waals surface area contributed by atoms with E-state index in [1.165, 1.54) is 18.1 Å². The summed E-state index contributed by atoms with van der Waals surface area (Å²) in [5, 5.41) is 14.5. The number of hydrogen-bond acceptors (Lipinski definition) is 4. The van der Waals surface area contributed by atoms with Crippen molar-refractivity contribution in [1.82, 2.24) is 20.6 Å². The number of amides is 2. The van der Waals surface area contributed by atoms with Crippen molar-refractivity contribution in [2.75, 3.05) is 6.54 Å². The molecule has 0 saturated carbocycles. The molecule has 162 valence electrons. The van der Waals surface area contributed by atoms with Gasteiger partial charge in [-0.05, 0) is 30.4 Å². The Hall–Kier alpha value is -3.16. The van der Waals surface area contributed by atoms with Crippen LogP contribution in [0.25, 0.3) is 0 Å². The van der Waals surface area contributed by atoms with Crippen molar-refractivity contribution in [2.24, 2.45) is 5.92 Å². The summed E-state index contributed by atoms with van der Waals surface area (Å²) in [5.74, 6) is -1.51. The number of nitrogens with one attached hydrogen (secondary N) is 3. The molecule has 8 nitrogen and oxygen atoms in total. The molecule has 2 atom stereocenters. The maximum absolute atomic E-state index is 12.4. The van der Waals surface area contributed by atoms with Crippen LogP contribution in [0.4, 0.5) is 0 Å². The molecule has 2 rings (SSSR count). The van der Waals surface area contributed by atoms with E-state index in [1.807, 2.05) is 31.2 Å². The highest BCUT2D eigenvalue weighted by molar-refractivity contribution is 5.85. The molecule has 8 heteroatoms. The smallest absolute Gasteiger partial charge is 0.326 e.